The number of carbonyl (C=O) groups excluding carboxylic acids is 1. The Hall–Kier alpha value is -3.05. The molecule has 0 aliphatic carbocycles. The van der Waals surface area contributed by atoms with Crippen molar-refractivity contribution in [1.82, 2.24) is 4.57 Å². The fourth-order valence-electron chi connectivity index (χ4n) is 2.60. The number of rotatable bonds is 6. The molecule has 2 aromatic carbocycles. The van der Waals surface area contributed by atoms with Crippen LogP contribution in [0.5, 0.6) is 5.75 Å². The van der Waals surface area contributed by atoms with Crippen LogP contribution in [-0.4, -0.2) is 17.1 Å². The van der Waals surface area contributed by atoms with Crippen LogP contribution in [0.2, 0.25) is 5.02 Å². The van der Waals surface area contributed by atoms with E-state index in [0.29, 0.717) is 33.8 Å². The average molecular weight is 369 g/mol. The monoisotopic (exact) mass is 368 g/mol. The molecule has 132 valence electrons. The summed E-state index contributed by atoms with van der Waals surface area (Å²) in [6.45, 7) is 3.90. The van der Waals surface area contributed by atoms with Gasteiger partial charge in [0.15, 0.2) is 6.61 Å². The second-order valence-electron chi connectivity index (χ2n) is 5.63. The van der Waals surface area contributed by atoms with Crippen LogP contribution in [0.3, 0.4) is 0 Å². The molecule has 1 aromatic heterocycles. The molecule has 26 heavy (non-hydrogen) atoms. The highest BCUT2D eigenvalue weighted by Crippen LogP contribution is 2.23. The molecule has 0 unspecified atom stereocenters. The summed E-state index contributed by atoms with van der Waals surface area (Å²) in [5.74, 6) is 0.163. The third kappa shape index (κ3) is 3.95. The number of hydrogen-bond donors (Lipinski definition) is 1. The van der Waals surface area contributed by atoms with E-state index >= 15 is 0 Å². The summed E-state index contributed by atoms with van der Waals surface area (Å²) in [7, 11) is 0. The molecule has 0 atom stereocenters. The first-order valence-electron chi connectivity index (χ1n) is 8.00. The van der Waals surface area contributed by atoms with Crippen LogP contribution in [0.1, 0.15) is 0 Å². The van der Waals surface area contributed by atoms with Crippen molar-refractivity contribution in [3.63, 3.8) is 0 Å². The molecule has 1 amide bonds. The number of anilines is 1. The van der Waals surface area contributed by atoms with Crippen molar-refractivity contribution in [2.75, 3.05) is 11.9 Å². The first-order valence-corrected chi connectivity index (χ1v) is 8.37. The largest absolute Gasteiger partial charge is 0.483 e. The zero-order chi connectivity index (χ0) is 18.5. The molecule has 0 radical (unpaired) electrons. The van der Waals surface area contributed by atoms with Gasteiger partial charge < -0.3 is 14.6 Å². The SMILES string of the molecule is C=CCn1ccc2c(OCC(=O)Nc3cccc(Cl)c3)cccc2c1=O. The Bertz CT molecular complexity index is 1030. The lowest BCUT2D eigenvalue weighted by molar-refractivity contribution is -0.118. The smallest absolute Gasteiger partial charge is 0.262 e. The first-order chi connectivity index (χ1) is 12.6. The Morgan fingerprint density at radius 1 is 1.19 bits per heavy atom. The summed E-state index contributed by atoms with van der Waals surface area (Å²) in [5, 5.41) is 4.44. The van der Waals surface area contributed by atoms with Gasteiger partial charge in [0.05, 0.1) is 5.39 Å². The number of nitrogens with zero attached hydrogens (tertiary/aromatic N) is 1. The van der Waals surface area contributed by atoms with E-state index in [9.17, 15) is 9.59 Å². The highest BCUT2D eigenvalue weighted by molar-refractivity contribution is 6.30. The molecule has 0 bridgehead atoms. The first kappa shape index (κ1) is 17.8. The summed E-state index contributed by atoms with van der Waals surface area (Å²) < 4.78 is 7.19. The van der Waals surface area contributed by atoms with E-state index in [0.717, 1.165) is 0 Å². The average Bonchev–Trinajstić information content (AvgIpc) is 2.62. The predicted molar refractivity (Wildman–Crippen MR) is 104 cm³/mol. The van der Waals surface area contributed by atoms with Crippen molar-refractivity contribution in [1.29, 1.82) is 0 Å². The van der Waals surface area contributed by atoms with E-state index in [-0.39, 0.29) is 18.1 Å². The van der Waals surface area contributed by atoms with E-state index < -0.39 is 0 Å². The Morgan fingerprint density at radius 3 is 2.77 bits per heavy atom. The molecule has 5 nitrogen and oxygen atoms in total. The molecule has 3 rings (SSSR count). The molecule has 0 aliphatic rings. The number of fused-ring (bicyclic) bond motifs is 1. The van der Waals surface area contributed by atoms with Crippen molar-refractivity contribution >= 4 is 34.0 Å². The van der Waals surface area contributed by atoms with Gasteiger partial charge in [-0.1, -0.05) is 29.8 Å². The van der Waals surface area contributed by atoms with E-state index in [4.69, 9.17) is 16.3 Å². The second kappa shape index (κ2) is 7.89. The van der Waals surface area contributed by atoms with Gasteiger partial charge in [0.25, 0.3) is 11.5 Å². The minimum atomic E-state index is -0.315. The molecule has 1 heterocycles. The van der Waals surface area contributed by atoms with Crippen molar-refractivity contribution in [3.05, 3.63) is 82.8 Å². The number of aromatic nitrogens is 1. The lowest BCUT2D eigenvalue weighted by atomic mass is 10.1. The zero-order valence-corrected chi connectivity index (χ0v) is 14.7. The van der Waals surface area contributed by atoms with Gasteiger partial charge in [0, 0.05) is 28.8 Å². The van der Waals surface area contributed by atoms with Crippen LogP contribution < -0.4 is 15.6 Å². The van der Waals surface area contributed by atoms with E-state index in [1.807, 2.05) is 0 Å². The number of carbonyl (C=O) groups is 1. The van der Waals surface area contributed by atoms with Crippen LogP contribution in [0, 0.1) is 0 Å². The van der Waals surface area contributed by atoms with Gasteiger partial charge in [-0.3, -0.25) is 9.59 Å². The number of amides is 1. The molecule has 0 saturated heterocycles. The van der Waals surface area contributed by atoms with Gasteiger partial charge in [-0.05, 0) is 36.4 Å². The molecular weight excluding hydrogens is 352 g/mol. The number of ether oxygens (including phenoxy) is 1. The summed E-state index contributed by atoms with van der Waals surface area (Å²) in [5.41, 5.74) is 0.465. The molecule has 1 N–H and O–H groups in total. The number of pyridine rings is 1. The Balaban J connectivity index is 1.76. The van der Waals surface area contributed by atoms with Crippen LogP contribution >= 0.6 is 11.6 Å². The Morgan fingerprint density at radius 2 is 2.00 bits per heavy atom. The molecule has 0 saturated carbocycles. The second-order valence-corrected chi connectivity index (χ2v) is 6.06. The van der Waals surface area contributed by atoms with Gasteiger partial charge in [-0.25, -0.2) is 0 Å². The molecule has 0 aliphatic heterocycles. The maximum absolute atomic E-state index is 12.4. The van der Waals surface area contributed by atoms with Gasteiger partial charge in [0.2, 0.25) is 0 Å². The molecule has 6 heteroatoms. The number of halogens is 1. The fourth-order valence-corrected chi connectivity index (χ4v) is 2.79. The number of benzene rings is 2. The van der Waals surface area contributed by atoms with Crippen LogP contribution in [0.4, 0.5) is 5.69 Å². The lowest BCUT2D eigenvalue weighted by Gasteiger charge is -2.11. The third-order valence-corrected chi connectivity index (χ3v) is 4.01. The van der Waals surface area contributed by atoms with Gasteiger partial charge in [0.1, 0.15) is 5.75 Å². The molecule has 0 fully saturated rings. The normalized spacial score (nSPS) is 10.5. The minimum absolute atomic E-state index is 0.128. The quantitative estimate of drug-likeness (QED) is 0.672. The maximum Gasteiger partial charge on any atom is 0.262 e. The highest BCUT2D eigenvalue weighted by Gasteiger charge is 2.09. The maximum atomic E-state index is 12.4. The number of nitrogens with one attached hydrogen (secondary N) is 1. The van der Waals surface area contributed by atoms with Crippen molar-refractivity contribution in [3.8, 4) is 5.75 Å². The topological polar surface area (TPSA) is 60.3 Å². The predicted octanol–water partition coefficient (Wildman–Crippen LogP) is 3.86. The van der Waals surface area contributed by atoms with Crippen molar-refractivity contribution in [2.24, 2.45) is 0 Å². The highest BCUT2D eigenvalue weighted by atomic mass is 35.5. The van der Waals surface area contributed by atoms with Gasteiger partial charge in [-0.2, -0.15) is 0 Å². The molecular formula is C20H17ClN2O3. The summed E-state index contributed by atoms with van der Waals surface area (Å²) in [6, 6.07) is 13.9. The number of hydrogen-bond acceptors (Lipinski definition) is 3. The Labute approximate surface area is 155 Å². The fraction of sp³-hybridized carbons (Fsp3) is 0.100. The van der Waals surface area contributed by atoms with Crippen molar-refractivity contribution in [2.45, 2.75) is 6.54 Å². The molecule has 3 aromatic rings. The van der Waals surface area contributed by atoms with Gasteiger partial charge in [-0.15, -0.1) is 6.58 Å². The van der Waals surface area contributed by atoms with E-state index in [1.54, 1.807) is 65.4 Å². The zero-order valence-electron chi connectivity index (χ0n) is 13.9. The van der Waals surface area contributed by atoms with Crippen LogP contribution in [-0.2, 0) is 11.3 Å². The minimum Gasteiger partial charge on any atom is -0.483 e. The summed E-state index contributed by atoms with van der Waals surface area (Å²) in [4.78, 5) is 24.5. The third-order valence-electron chi connectivity index (χ3n) is 3.77. The standard InChI is InChI=1S/C20H17ClN2O3/c1-2-10-23-11-9-16-17(20(23)25)7-4-8-18(16)26-13-19(24)22-15-6-3-5-14(21)12-15/h2-9,11-12H,1,10,13H2,(H,22,24). The van der Waals surface area contributed by atoms with E-state index in [2.05, 4.69) is 11.9 Å². The van der Waals surface area contributed by atoms with Gasteiger partial charge >= 0.3 is 0 Å². The van der Waals surface area contributed by atoms with Crippen molar-refractivity contribution < 1.29 is 9.53 Å². The molecule has 0 spiro atoms. The van der Waals surface area contributed by atoms with E-state index in [1.165, 1.54) is 0 Å². The van der Waals surface area contributed by atoms with Crippen LogP contribution in [0.25, 0.3) is 10.8 Å². The van der Waals surface area contributed by atoms with Crippen LogP contribution in [0.15, 0.2) is 72.2 Å². The number of allylic oxidation sites excluding steroid dienone is 1. The summed E-state index contributed by atoms with van der Waals surface area (Å²) in [6.07, 6.45) is 3.35. The lowest BCUT2D eigenvalue weighted by Crippen LogP contribution is -2.21. The Kier molecular flexibility index (Phi) is 5.39. The summed E-state index contributed by atoms with van der Waals surface area (Å²) >= 11 is 5.90.